The number of benzene rings is 1. The van der Waals surface area contributed by atoms with Gasteiger partial charge in [0.1, 0.15) is 5.75 Å². The van der Waals surface area contributed by atoms with Gasteiger partial charge in [-0.3, -0.25) is 0 Å². The van der Waals surface area contributed by atoms with Gasteiger partial charge in [0.25, 0.3) is 0 Å². The topological polar surface area (TPSA) is 84.1 Å². The van der Waals surface area contributed by atoms with Crippen LogP contribution in [0.4, 0.5) is 11.5 Å². The Balaban J connectivity index is 1.98. The summed E-state index contributed by atoms with van der Waals surface area (Å²) in [6, 6.07) is 7.07. The number of nitrogens with one attached hydrogen (secondary N) is 1. The maximum atomic E-state index is 9.19. The SMILES string of the molecule is Cc1nc(Cl)nc(NCCc2ccc(O)cc2)c1N. The Hall–Kier alpha value is -2.01. The summed E-state index contributed by atoms with van der Waals surface area (Å²) in [6.07, 6.45) is 0.792. The van der Waals surface area contributed by atoms with E-state index in [9.17, 15) is 5.11 Å². The Morgan fingerprint density at radius 2 is 1.95 bits per heavy atom. The van der Waals surface area contributed by atoms with Crippen molar-refractivity contribution in [3.8, 4) is 5.75 Å². The lowest BCUT2D eigenvalue weighted by atomic mass is 10.1. The van der Waals surface area contributed by atoms with Gasteiger partial charge in [-0.2, -0.15) is 4.98 Å². The molecule has 0 aliphatic heterocycles. The van der Waals surface area contributed by atoms with Gasteiger partial charge in [-0.1, -0.05) is 12.1 Å². The Morgan fingerprint density at radius 3 is 2.63 bits per heavy atom. The molecule has 0 aliphatic carbocycles. The van der Waals surface area contributed by atoms with Gasteiger partial charge < -0.3 is 16.2 Å². The van der Waals surface area contributed by atoms with Crippen LogP contribution in [0.5, 0.6) is 5.75 Å². The maximum Gasteiger partial charge on any atom is 0.224 e. The number of aryl methyl sites for hydroxylation is 1. The normalized spacial score (nSPS) is 10.4. The molecule has 1 heterocycles. The second-order valence-corrected chi connectivity index (χ2v) is 4.52. The largest absolute Gasteiger partial charge is 0.508 e. The summed E-state index contributed by atoms with van der Waals surface area (Å²) >= 11 is 5.79. The number of aromatic nitrogens is 2. The first-order valence-corrected chi connectivity index (χ1v) is 6.25. The molecule has 0 amide bonds. The lowest BCUT2D eigenvalue weighted by molar-refractivity contribution is 0.475. The highest BCUT2D eigenvalue weighted by atomic mass is 35.5. The van der Waals surface area contributed by atoms with E-state index in [0.29, 0.717) is 23.7 Å². The summed E-state index contributed by atoms with van der Waals surface area (Å²) in [6.45, 7) is 2.45. The van der Waals surface area contributed by atoms with Gasteiger partial charge >= 0.3 is 0 Å². The number of halogens is 1. The minimum Gasteiger partial charge on any atom is -0.508 e. The zero-order chi connectivity index (χ0) is 13.8. The van der Waals surface area contributed by atoms with Crippen LogP contribution in [-0.4, -0.2) is 21.6 Å². The van der Waals surface area contributed by atoms with Gasteiger partial charge in [0, 0.05) is 6.54 Å². The second kappa shape index (κ2) is 5.75. The summed E-state index contributed by atoms with van der Waals surface area (Å²) in [7, 11) is 0. The molecular weight excluding hydrogens is 264 g/mol. The molecule has 4 N–H and O–H groups in total. The molecule has 0 bridgehead atoms. The maximum absolute atomic E-state index is 9.19. The summed E-state index contributed by atoms with van der Waals surface area (Å²) < 4.78 is 0. The predicted octanol–water partition coefficient (Wildman–Crippen LogP) is 2.38. The van der Waals surface area contributed by atoms with Crippen LogP contribution < -0.4 is 11.1 Å². The van der Waals surface area contributed by atoms with Gasteiger partial charge in [-0.25, -0.2) is 4.98 Å². The zero-order valence-electron chi connectivity index (χ0n) is 10.5. The first kappa shape index (κ1) is 13.4. The number of nitrogens with zero attached hydrogens (tertiary/aromatic N) is 2. The van der Waals surface area contributed by atoms with Crippen LogP contribution >= 0.6 is 11.6 Å². The fourth-order valence-corrected chi connectivity index (χ4v) is 1.88. The predicted molar refractivity (Wildman–Crippen MR) is 76.5 cm³/mol. The molecule has 0 unspecified atom stereocenters. The minimum absolute atomic E-state index is 0.179. The van der Waals surface area contributed by atoms with Crippen molar-refractivity contribution in [2.24, 2.45) is 0 Å². The zero-order valence-corrected chi connectivity index (χ0v) is 11.3. The Kier molecular flexibility index (Phi) is 4.06. The Bertz CT molecular complexity index is 572. The average molecular weight is 279 g/mol. The molecule has 2 rings (SSSR count). The molecule has 5 nitrogen and oxygen atoms in total. The van der Waals surface area contributed by atoms with E-state index in [1.807, 2.05) is 12.1 Å². The summed E-state index contributed by atoms with van der Waals surface area (Å²) in [5.74, 6) is 0.815. The Labute approximate surface area is 116 Å². The molecule has 0 fully saturated rings. The van der Waals surface area contributed by atoms with Crippen molar-refractivity contribution in [3.63, 3.8) is 0 Å². The number of anilines is 2. The van der Waals surface area contributed by atoms with Crippen LogP contribution in [0.15, 0.2) is 24.3 Å². The smallest absolute Gasteiger partial charge is 0.224 e. The van der Waals surface area contributed by atoms with E-state index >= 15 is 0 Å². The van der Waals surface area contributed by atoms with Gasteiger partial charge in [-0.05, 0) is 42.6 Å². The van der Waals surface area contributed by atoms with E-state index in [1.165, 1.54) is 0 Å². The van der Waals surface area contributed by atoms with Crippen LogP contribution in [0.25, 0.3) is 0 Å². The summed E-state index contributed by atoms with van der Waals surface area (Å²) in [4.78, 5) is 8.03. The third kappa shape index (κ3) is 3.48. The number of phenolic OH excluding ortho intramolecular Hbond substituents is 1. The van der Waals surface area contributed by atoms with Crippen LogP contribution in [0.3, 0.4) is 0 Å². The molecule has 0 saturated heterocycles. The highest BCUT2D eigenvalue weighted by molar-refractivity contribution is 6.28. The van der Waals surface area contributed by atoms with Crippen molar-refractivity contribution < 1.29 is 5.11 Å². The monoisotopic (exact) mass is 278 g/mol. The number of hydrogen-bond acceptors (Lipinski definition) is 5. The van der Waals surface area contributed by atoms with Gasteiger partial charge in [0.2, 0.25) is 5.28 Å². The lowest BCUT2D eigenvalue weighted by Crippen LogP contribution is -2.10. The van der Waals surface area contributed by atoms with Crippen molar-refractivity contribution >= 4 is 23.1 Å². The molecule has 19 heavy (non-hydrogen) atoms. The van der Waals surface area contributed by atoms with Gasteiger partial charge in [0.05, 0.1) is 11.4 Å². The number of hydrogen-bond donors (Lipinski definition) is 3. The van der Waals surface area contributed by atoms with E-state index in [4.69, 9.17) is 17.3 Å². The van der Waals surface area contributed by atoms with Crippen LogP contribution in [0.2, 0.25) is 5.28 Å². The van der Waals surface area contributed by atoms with Crippen LogP contribution in [0, 0.1) is 6.92 Å². The highest BCUT2D eigenvalue weighted by Crippen LogP contribution is 2.20. The van der Waals surface area contributed by atoms with E-state index in [0.717, 1.165) is 12.0 Å². The van der Waals surface area contributed by atoms with E-state index in [1.54, 1.807) is 19.1 Å². The summed E-state index contributed by atoms with van der Waals surface area (Å²) in [5, 5.41) is 12.5. The second-order valence-electron chi connectivity index (χ2n) is 4.18. The molecule has 1 aromatic heterocycles. The molecular formula is C13H15ClN4O. The average Bonchev–Trinajstić information content (AvgIpc) is 2.37. The quantitative estimate of drug-likeness (QED) is 0.748. The van der Waals surface area contributed by atoms with E-state index in [2.05, 4.69) is 15.3 Å². The molecule has 0 atom stereocenters. The number of rotatable bonds is 4. The van der Waals surface area contributed by atoms with Crippen molar-refractivity contribution in [2.75, 3.05) is 17.6 Å². The number of aromatic hydroxyl groups is 1. The van der Waals surface area contributed by atoms with Gasteiger partial charge in [-0.15, -0.1) is 0 Å². The first-order valence-electron chi connectivity index (χ1n) is 5.87. The fraction of sp³-hybridized carbons (Fsp3) is 0.231. The van der Waals surface area contributed by atoms with E-state index < -0.39 is 0 Å². The lowest BCUT2D eigenvalue weighted by Gasteiger charge is -2.10. The first-order chi connectivity index (χ1) is 9.06. The van der Waals surface area contributed by atoms with Crippen molar-refractivity contribution in [2.45, 2.75) is 13.3 Å². The van der Waals surface area contributed by atoms with E-state index in [-0.39, 0.29) is 11.0 Å². The number of nitrogens with two attached hydrogens (primary N) is 1. The van der Waals surface area contributed by atoms with Crippen molar-refractivity contribution in [1.29, 1.82) is 0 Å². The van der Waals surface area contributed by atoms with Crippen LogP contribution in [0.1, 0.15) is 11.3 Å². The molecule has 0 spiro atoms. The third-order valence-electron chi connectivity index (χ3n) is 2.75. The molecule has 2 aromatic rings. The standard InChI is InChI=1S/C13H15ClN4O/c1-8-11(15)12(18-13(14)17-8)16-7-6-9-2-4-10(19)5-3-9/h2-5,19H,6-7,15H2,1H3,(H,16,17,18). The Morgan fingerprint density at radius 1 is 1.26 bits per heavy atom. The number of phenols is 1. The van der Waals surface area contributed by atoms with Crippen molar-refractivity contribution in [3.05, 3.63) is 40.8 Å². The molecule has 0 saturated carbocycles. The fourth-order valence-electron chi connectivity index (χ4n) is 1.67. The molecule has 6 heteroatoms. The third-order valence-corrected chi connectivity index (χ3v) is 2.92. The molecule has 0 radical (unpaired) electrons. The molecule has 1 aromatic carbocycles. The van der Waals surface area contributed by atoms with Gasteiger partial charge in [0.15, 0.2) is 5.82 Å². The highest BCUT2D eigenvalue weighted by Gasteiger charge is 2.06. The van der Waals surface area contributed by atoms with Crippen LogP contribution in [-0.2, 0) is 6.42 Å². The summed E-state index contributed by atoms with van der Waals surface area (Å²) in [5.41, 5.74) is 8.15. The minimum atomic E-state index is 0.179. The molecule has 100 valence electrons. The molecule has 0 aliphatic rings. The number of nitrogen functional groups attached to an aromatic ring is 1. The van der Waals surface area contributed by atoms with Crippen molar-refractivity contribution in [1.82, 2.24) is 9.97 Å².